The summed E-state index contributed by atoms with van der Waals surface area (Å²) in [5.41, 5.74) is 3.31. The van der Waals surface area contributed by atoms with E-state index < -0.39 is 6.09 Å². The topological polar surface area (TPSA) is 98.9 Å². The first-order valence-corrected chi connectivity index (χ1v) is 11.7. The van der Waals surface area contributed by atoms with Crippen LogP contribution >= 0.6 is 0 Å². The fourth-order valence-electron chi connectivity index (χ4n) is 4.38. The lowest BCUT2D eigenvalue weighted by molar-refractivity contribution is 0.0953. The van der Waals surface area contributed by atoms with Gasteiger partial charge in [0.2, 0.25) is 0 Å². The Hall–Kier alpha value is -3.88. The molecule has 0 unspecified atom stereocenters. The average molecular weight is 481 g/mol. The molecule has 35 heavy (non-hydrogen) atoms. The molecular weight excluding hydrogens is 451 g/mol. The number of carboxylic acid groups (broad SMARTS) is 1. The van der Waals surface area contributed by atoms with Gasteiger partial charge in [0.15, 0.2) is 11.5 Å². The third-order valence-electron chi connectivity index (χ3n) is 6.47. The second kappa shape index (κ2) is 11.0. The zero-order valence-electron chi connectivity index (χ0n) is 19.6. The fourth-order valence-corrected chi connectivity index (χ4v) is 4.38. The van der Waals surface area contributed by atoms with Crippen LogP contribution in [0.4, 0.5) is 14.9 Å². The molecule has 0 radical (unpaired) electrons. The molecule has 9 heteroatoms. The Kier molecular flexibility index (Phi) is 7.64. The van der Waals surface area contributed by atoms with E-state index in [0.717, 1.165) is 49.2 Å². The standard InChI is InChI=1S/C26H29FN4O4/c1-28-25(32)24-16-23(35-29-24)17-31(26(33)34)15-12-18-10-13-30(14-11-18)22-8-4-20(5-9-22)19-2-6-21(27)7-3-19/h2-9,16,18H,10-15,17H2,1H3,(H,28,32)(H,33,34). The van der Waals surface area contributed by atoms with E-state index in [4.69, 9.17) is 4.52 Å². The third-order valence-corrected chi connectivity index (χ3v) is 6.47. The summed E-state index contributed by atoms with van der Waals surface area (Å²) < 4.78 is 18.3. The van der Waals surface area contributed by atoms with E-state index in [-0.39, 0.29) is 24.0 Å². The highest BCUT2D eigenvalue weighted by molar-refractivity contribution is 5.91. The molecule has 1 fully saturated rings. The van der Waals surface area contributed by atoms with Crippen LogP contribution in [0.5, 0.6) is 0 Å². The number of aromatic nitrogens is 1. The van der Waals surface area contributed by atoms with Gasteiger partial charge in [-0.05, 0) is 60.6 Å². The van der Waals surface area contributed by atoms with E-state index in [1.165, 1.54) is 30.1 Å². The summed E-state index contributed by atoms with van der Waals surface area (Å²) in [5, 5.41) is 15.7. The monoisotopic (exact) mass is 480 g/mol. The number of piperidine rings is 1. The van der Waals surface area contributed by atoms with Crippen LogP contribution in [0.15, 0.2) is 59.1 Å². The Morgan fingerprint density at radius 2 is 1.74 bits per heavy atom. The van der Waals surface area contributed by atoms with Gasteiger partial charge in [-0.1, -0.05) is 29.4 Å². The highest BCUT2D eigenvalue weighted by Gasteiger charge is 2.23. The normalized spacial score (nSPS) is 14.1. The zero-order valence-corrected chi connectivity index (χ0v) is 19.6. The largest absolute Gasteiger partial charge is 0.465 e. The lowest BCUT2D eigenvalue weighted by Gasteiger charge is -2.34. The average Bonchev–Trinajstić information content (AvgIpc) is 3.35. The number of anilines is 1. The maximum absolute atomic E-state index is 13.2. The van der Waals surface area contributed by atoms with Crippen molar-refractivity contribution in [2.24, 2.45) is 5.92 Å². The first-order valence-electron chi connectivity index (χ1n) is 11.7. The van der Waals surface area contributed by atoms with Crippen molar-refractivity contribution >= 4 is 17.7 Å². The van der Waals surface area contributed by atoms with Crippen molar-refractivity contribution in [3.8, 4) is 11.1 Å². The third kappa shape index (κ3) is 6.17. The van der Waals surface area contributed by atoms with E-state index >= 15 is 0 Å². The van der Waals surface area contributed by atoms with Crippen LogP contribution in [0.1, 0.15) is 35.5 Å². The lowest BCUT2D eigenvalue weighted by atomic mass is 9.93. The summed E-state index contributed by atoms with van der Waals surface area (Å²) in [5.74, 6) is 0.152. The summed E-state index contributed by atoms with van der Waals surface area (Å²) in [6.07, 6.45) is 1.70. The van der Waals surface area contributed by atoms with E-state index in [9.17, 15) is 19.1 Å². The van der Waals surface area contributed by atoms with Gasteiger partial charge in [0.05, 0.1) is 6.54 Å². The molecule has 0 aliphatic carbocycles. The number of halogens is 1. The van der Waals surface area contributed by atoms with Crippen LogP contribution in [0.2, 0.25) is 0 Å². The second-order valence-electron chi connectivity index (χ2n) is 8.73. The second-order valence-corrected chi connectivity index (χ2v) is 8.73. The van der Waals surface area contributed by atoms with Crippen LogP contribution in [0.3, 0.4) is 0 Å². The molecule has 4 rings (SSSR count). The van der Waals surface area contributed by atoms with Crippen LogP contribution < -0.4 is 10.2 Å². The number of benzene rings is 2. The highest BCUT2D eigenvalue weighted by atomic mass is 19.1. The predicted octanol–water partition coefficient (Wildman–Crippen LogP) is 4.63. The Labute approximate surface area is 203 Å². The van der Waals surface area contributed by atoms with Gasteiger partial charge in [-0.2, -0.15) is 0 Å². The minimum atomic E-state index is -1.03. The van der Waals surface area contributed by atoms with Crippen molar-refractivity contribution in [2.75, 3.05) is 31.6 Å². The number of carbonyl (C=O) groups is 2. The van der Waals surface area contributed by atoms with Crippen LogP contribution in [0, 0.1) is 11.7 Å². The maximum Gasteiger partial charge on any atom is 0.407 e. The van der Waals surface area contributed by atoms with Crippen molar-refractivity contribution in [3.63, 3.8) is 0 Å². The first-order chi connectivity index (χ1) is 16.9. The minimum Gasteiger partial charge on any atom is -0.465 e. The Morgan fingerprint density at radius 1 is 1.11 bits per heavy atom. The molecule has 1 aliphatic rings. The van der Waals surface area contributed by atoms with Gasteiger partial charge in [0, 0.05) is 38.4 Å². The summed E-state index contributed by atoms with van der Waals surface area (Å²) in [6.45, 7) is 2.26. The minimum absolute atomic E-state index is 0.0541. The molecule has 184 valence electrons. The van der Waals surface area contributed by atoms with Crippen molar-refractivity contribution in [2.45, 2.75) is 25.8 Å². The number of nitrogens with one attached hydrogen (secondary N) is 1. The van der Waals surface area contributed by atoms with Gasteiger partial charge in [0.25, 0.3) is 5.91 Å². The number of hydrogen-bond donors (Lipinski definition) is 2. The first kappa shape index (κ1) is 24.3. The van der Waals surface area contributed by atoms with Crippen LogP contribution in [-0.2, 0) is 6.54 Å². The van der Waals surface area contributed by atoms with Crippen molar-refractivity contribution < 1.29 is 23.6 Å². The fraction of sp³-hybridized carbons (Fsp3) is 0.346. The number of amides is 2. The molecule has 0 spiro atoms. The zero-order chi connectivity index (χ0) is 24.8. The Bertz CT molecular complexity index is 1140. The van der Waals surface area contributed by atoms with Crippen LogP contribution in [-0.4, -0.2) is 53.8 Å². The molecule has 2 heterocycles. The highest BCUT2D eigenvalue weighted by Crippen LogP contribution is 2.28. The van der Waals surface area contributed by atoms with Crippen molar-refractivity contribution in [1.29, 1.82) is 0 Å². The summed E-state index contributed by atoms with van der Waals surface area (Å²) in [6, 6.07) is 16.2. The number of carbonyl (C=O) groups excluding carboxylic acids is 1. The molecule has 1 aliphatic heterocycles. The van der Waals surface area contributed by atoms with Crippen molar-refractivity contribution in [3.05, 3.63) is 71.9 Å². The van der Waals surface area contributed by atoms with E-state index in [1.807, 2.05) is 0 Å². The lowest BCUT2D eigenvalue weighted by Crippen LogP contribution is -2.36. The molecule has 0 saturated carbocycles. The molecule has 2 amide bonds. The van der Waals surface area contributed by atoms with Crippen molar-refractivity contribution in [1.82, 2.24) is 15.4 Å². The SMILES string of the molecule is CNC(=O)c1cc(CN(CCC2CCN(c3ccc(-c4ccc(F)cc4)cc3)CC2)C(=O)O)on1. The number of rotatable bonds is 8. The van der Waals surface area contributed by atoms with Gasteiger partial charge in [0.1, 0.15) is 5.82 Å². The smallest absolute Gasteiger partial charge is 0.407 e. The Balaban J connectivity index is 1.26. The Morgan fingerprint density at radius 3 is 2.34 bits per heavy atom. The van der Waals surface area contributed by atoms with Gasteiger partial charge in [-0.25, -0.2) is 9.18 Å². The molecule has 2 N–H and O–H groups in total. The molecule has 1 aromatic heterocycles. The van der Waals surface area contributed by atoms with E-state index in [0.29, 0.717) is 18.2 Å². The van der Waals surface area contributed by atoms with Crippen LogP contribution in [0.25, 0.3) is 11.1 Å². The number of nitrogens with zero attached hydrogens (tertiary/aromatic N) is 3. The number of hydrogen-bond acceptors (Lipinski definition) is 5. The summed E-state index contributed by atoms with van der Waals surface area (Å²) in [4.78, 5) is 27.0. The van der Waals surface area contributed by atoms with Gasteiger partial charge in [-0.15, -0.1) is 0 Å². The molecule has 0 atom stereocenters. The molecule has 0 bridgehead atoms. The molecule has 8 nitrogen and oxygen atoms in total. The maximum atomic E-state index is 13.2. The van der Waals surface area contributed by atoms with E-state index in [1.54, 1.807) is 12.1 Å². The molecule has 1 saturated heterocycles. The van der Waals surface area contributed by atoms with Gasteiger partial charge >= 0.3 is 6.09 Å². The molecule has 2 aromatic carbocycles. The van der Waals surface area contributed by atoms with E-state index in [2.05, 4.69) is 39.6 Å². The quantitative estimate of drug-likeness (QED) is 0.488. The predicted molar refractivity (Wildman–Crippen MR) is 130 cm³/mol. The molecular formula is C26H29FN4O4. The summed E-state index contributed by atoms with van der Waals surface area (Å²) in [7, 11) is 1.49. The summed E-state index contributed by atoms with van der Waals surface area (Å²) >= 11 is 0. The van der Waals surface area contributed by atoms with Gasteiger partial charge in [-0.3, -0.25) is 4.79 Å². The molecule has 3 aromatic rings. The van der Waals surface area contributed by atoms with Gasteiger partial charge < -0.3 is 24.7 Å².